The predicted molar refractivity (Wildman–Crippen MR) is 140 cm³/mol. The van der Waals surface area contributed by atoms with Crippen molar-refractivity contribution in [2.24, 2.45) is 10.2 Å². The van der Waals surface area contributed by atoms with Crippen LogP contribution in [0.3, 0.4) is 0 Å². The van der Waals surface area contributed by atoms with Crippen LogP contribution in [0.1, 0.15) is 5.56 Å². The van der Waals surface area contributed by atoms with E-state index in [2.05, 4.69) is 15.5 Å². The summed E-state index contributed by atoms with van der Waals surface area (Å²) in [4.78, 5) is 14.1. The molecule has 33 heavy (non-hydrogen) atoms. The summed E-state index contributed by atoms with van der Waals surface area (Å²) < 4.78 is 0. The van der Waals surface area contributed by atoms with Gasteiger partial charge in [0.2, 0.25) is 5.91 Å². The van der Waals surface area contributed by atoms with E-state index < -0.39 is 0 Å². The normalized spacial score (nSPS) is 11.3. The van der Waals surface area contributed by atoms with E-state index in [4.69, 9.17) is 52.1 Å². The van der Waals surface area contributed by atoms with Gasteiger partial charge in [0.15, 0.2) is 0 Å². The number of benzene rings is 3. The SMILES string of the molecule is CN(C)c1cc(Cl)c(N=Nc2c(Cl)cc(/C=C/C(=O)Nc3ccccc3N)cc2Cl)c(Cl)c1. The van der Waals surface area contributed by atoms with Crippen LogP contribution in [-0.2, 0) is 4.79 Å². The molecule has 0 unspecified atom stereocenters. The molecule has 170 valence electrons. The van der Waals surface area contributed by atoms with E-state index in [0.29, 0.717) is 32.7 Å². The third-order valence-corrected chi connectivity index (χ3v) is 5.61. The van der Waals surface area contributed by atoms with E-state index in [1.165, 1.54) is 6.08 Å². The molecule has 3 aromatic carbocycles. The number of nitrogens with one attached hydrogen (secondary N) is 1. The summed E-state index contributed by atoms with van der Waals surface area (Å²) in [6.07, 6.45) is 2.92. The first-order valence-corrected chi connectivity index (χ1v) is 11.1. The molecular weight excluding hydrogens is 504 g/mol. The summed E-state index contributed by atoms with van der Waals surface area (Å²) in [5, 5.41) is 12.1. The van der Waals surface area contributed by atoms with Gasteiger partial charge in [-0.3, -0.25) is 4.79 Å². The molecule has 3 rings (SSSR count). The number of amides is 1. The number of carbonyl (C=O) groups excluding carboxylic acids is 1. The molecule has 0 heterocycles. The van der Waals surface area contributed by atoms with Crippen LogP contribution in [0.15, 0.2) is 64.8 Å². The van der Waals surface area contributed by atoms with E-state index >= 15 is 0 Å². The minimum Gasteiger partial charge on any atom is -0.397 e. The van der Waals surface area contributed by atoms with Crippen molar-refractivity contribution in [1.29, 1.82) is 0 Å². The molecule has 0 aliphatic carbocycles. The number of hydrogen-bond donors (Lipinski definition) is 2. The third-order valence-electron chi connectivity index (χ3n) is 4.45. The van der Waals surface area contributed by atoms with E-state index in [1.54, 1.807) is 54.6 Å². The summed E-state index contributed by atoms with van der Waals surface area (Å²) in [5.74, 6) is -0.352. The summed E-state index contributed by atoms with van der Waals surface area (Å²) >= 11 is 25.3. The van der Waals surface area contributed by atoms with Crippen LogP contribution in [0.4, 0.5) is 28.4 Å². The molecule has 3 N–H and O–H groups in total. The molecule has 0 spiro atoms. The zero-order valence-corrected chi connectivity index (χ0v) is 20.6. The fourth-order valence-corrected chi connectivity index (χ4v) is 3.87. The summed E-state index contributed by atoms with van der Waals surface area (Å²) in [7, 11) is 3.75. The second kappa shape index (κ2) is 10.9. The number of anilines is 3. The lowest BCUT2D eigenvalue weighted by molar-refractivity contribution is -0.111. The molecule has 0 saturated heterocycles. The maximum absolute atomic E-state index is 12.2. The van der Waals surface area contributed by atoms with Gasteiger partial charge in [-0.2, -0.15) is 0 Å². The van der Waals surface area contributed by atoms with Crippen molar-refractivity contribution in [3.63, 3.8) is 0 Å². The van der Waals surface area contributed by atoms with Gasteiger partial charge in [-0.15, -0.1) is 10.2 Å². The van der Waals surface area contributed by atoms with Gasteiger partial charge >= 0.3 is 0 Å². The molecule has 0 radical (unpaired) electrons. The van der Waals surface area contributed by atoms with Gasteiger partial charge < -0.3 is 16.0 Å². The van der Waals surface area contributed by atoms with Crippen LogP contribution in [0.25, 0.3) is 6.08 Å². The minimum atomic E-state index is -0.352. The number of azo groups is 1. The Balaban J connectivity index is 1.79. The van der Waals surface area contributed by atoms with Crippen LogP contribution >= 0.6 is 46.4 Å². The fourth-order valence-electron chi connectivity index (χ4n) is 2.74. The number of nitrogens with two attached hydrogens (primary N) is 1. The van der Waals surface area contributed by atoms with Crippen LogP contribution in [0, 0.1) is 0 Å². The molecule has 0 aliphatic heterocycles. The molecule has 0 saturated carbocycles. The molecule has 6 nitrogen and oxygen atoms in total. The van der Waals surface area contributed by atoms with Gasteiger partial charge in [0.1, 0.15) is 11.4 Å². The third kappa shape index (κ3) is 6.39. The smallest absolute Gasteiger partial charge is 0.248 e. The van der Waals surface area contributed by atoms with Crippen molar-refractivity contribution >= 4 is 86.8 Å². The number of nitrogen functional groups attached to an aromatic ring is 1. The second-order valence-electron chi connectivity index (χ2n) is 7.10. The van der Waals surface area contributed by atoms with E-state index in [0.717, 1.165) is 5.69 Å². The van der Waals surface area contributed by atoms with E-state index in [1.807, 2.05) is 19.0 Å². The molecule has 0 fully saturated rings. The zero-order valence-electron chi connectivity index (χ0n) is 17.6. The van der Waals surface area contributed by atoms with Gasteiger partial charge in [-0.1, -0.05) is 58.5 Å². The highest BCUT2D eigenvalue weighted by atomic mass is 35.5. The summed E-state index contributed by atoms with van der Waals surface area (Å²) in [6, 6.07) is 13.6. The number of nitrogens with zero attached hydrogens (tertiary/aromatic N) is 3. The largest absolute Gasteiger partial charge is 0.397 e. The lowest BCUT2D eigenvalue weighted by Gasteiger charge is -2.14. The molecule has 1 amide bonds. The average molecular weight is 523 g/mol. The monoisotopic (exact) mass is 521 g/mol. The van der Waals surface area contributed by atoms with Crippen LogP contribution < -0.4 is 16.0 Å². The minimum absolute atomic E-state index is 0.246. The maximum atomic E-state index is 12.2. The highest BCUT2D eigenvalue weighted by Crippen LogP contribution is 2.40. The Hall–Kier alpha value is -2.77. The number of halogens is 4. The summed E-state index contributed by atoms with van der Waals surface area (Å²) in [6.45, 7) is 0. The number of hydrogen-bond acceptors (Lipinski definition) is 5. The Morgan fingerprint density at radius 2 is 1.42 bits per heavy atom. The average Bonchev–Trinajstić information content (AvgIpc) is 2.74. The van der Waals surface area contributed by atoms with Gasteiger partial charge in [0.25, 0.3) is 0 Å². The van der Waals surface area contributed by atoms with Crippen molar-refractivity contribution < 1.29 is 4.79 Å². The fraction of sp³-hybridized carbons (Fsp3) is 0.0870. The van der Waals surface area contributed by atoms with E-state index in [-0.39, 0.29) is 21.6 Å². The molecular formula is C23H19Cl4N5O. The van der Waals surface area contributed by atoms with Crippen LogP contribution in [0.2, 0.25) is 20.1 Å². The van der Waals surface area contributed by atoms with Gasteiger partial charge in [0, 0.05) is 25.9 Å². The first kappa shape index (κ1) is 24.9. The second-order valence-corrected chi connectivity index (χ2v) is 8.72. The Kier molecular flexibility index (Phi) is 8.21. The quantitative estimate of drug-likeness (QED) is 0.195. The maximum Gasteiger partial charge on any atom is 0.248 e. The lowest BCUT2D eigenvalue weighted by atomic mass is 10.2. The van der Waals surface area contributed by atoms with Gasteiger partial charge in [-0.25, -0.2) is 0 Å². The molecule has 0 bridgehead atoms. The van der Waals surface area contributed by atoms with Crippen molar-refractivity contribution in [3.8, 4) is 0 Å². The summed E-state index contributed by atoms with van der Waals surface area (Å²) in [5.41, 5.74) is 8.81. The number of carbonyl (C=O) groups is 1. The van der Waals surface area contributed by atoms with Gasteiger partial charge in [0.05, 0.1) is 31.5 Å². The topological polar surface area (TPSA) is 83.1 Å². The lowest BCUT2D eigenvalue weighted by Crippen LogP contribution is -2.09. The Morgan fingerprint density at radius 1 is 0.909 bits per heavy atom. The highest BCUT2D eigenvalue weighted by Gasteiger charge is 2.12. The van der Waals surface area contributed by atoms with E-state index in [9.17, 15) is 4.79 Å². The highest BCUT2D eigenvalue weighted by molar-refractivity contribution is 6.40. The Labute approximate surface area is 211 Å². The molecule has 0 atom stereocenters. The van der Waals surface area contributed by atoms with Crippen LogP contribution in [-0.4, -0.2) is 20.0 Å². The number of rotatable bonds is 6. The Bertz CT molecular complexity index is 1210. The number of para-hydroxylation sites is 2. The van der Waals surface area contributed by atoms with Crippen LogP contribution in [0.5, 0.6) is 0 Å². The zero-order chi connectivity index (χ0) is 24.1. The molecule has 3 aromatic rings. The van der Waals surface area contributed by atoms with Crippen molar-refractivity contribution in [2.75, 3.05) is 30.0 Å². The predicted octanol–water partition coefficient (Wildman–Crippen LogP) is 8.02. The molecule has 10 heteroatoms. The standard InChI is InChI=1S/C23H19Cl4N5O/c1-32(2)14-11-17(26)23(18(27)12-14)31-30-22-15(24)9-13(10-16(22)25)7-8-21(33)29-20-6-4-3-5-19(20)28/h3-12H,28H2,1-2H3,(H,29,33)/b8-7+,31-30?. The Morgan fingerprint density at radius 3 is 1.94 bits per heavy atom. The van der Waals surface area contributed by atoms with Crippen molar-refractivity contribution in [2.45, 2.75) is 0 Å². The van der Waals surface area contributed by atoms with Crippen molar-refractivity contribution in [3.05, 3.63) is 80.3 Å². The van der Waals surface area contributed by atoms with Crippen molar-refractivity contribution in [1.82, 2.24) is 0 Å². The first-order chi connectivity index (χ1) is 15.7. The van der Waals surface area contributed by atoms with Gasteiger partial charge in [-0.05, 0) is 48.0 Å². The molecule has 0 aromatic heterocycles. The first-order valence-electron chi connectivity index (χ1n) is 9.56. The molecule has 0 aliphatic rings.